The molecule has 0 unspecified atom stereocenters. The van der Waals surface area contributed by atoms with Crippen LogP contribution in [0.5, 0.6) is 5.75 Å². The third kappa shape index (κ3) is 4.32. The highest BCUT2D eigenvalue weighted by molar-refractivity contribution is 6.00. The molecule has 2 rings (SSSR count). The number of para-hydroxylation sites is 1. The van der Waals surface area contributed by atoms with Gasteiger partial charge in [0.05, 0.1) is 18.7 Å². The van der Waals surface area contributed by atoms with Crippen molar-refractivity contribution in [3.05, 3.63) is 41.7 Å². The van der Waals surface area contributed by atoms with Crippen molar-refractivity contribution in [3.8, 4) is 5.75 Å². The fraction of sp³-hybridized carbons (Fsp3) is 0.312. The Morgan fingerprint density at radius 2 is 2.09 bits per heavy atom. The van der Waals surface area contributed by atoms with Gasteiger partial charge in [0.2, 0.25) is 5.91 Å². The van der Waals surface area contributed by atoms with E-state index in [1.54, 1.807) is 44.3 Å². The minimum absolute atomic E-state index is 0.106. The molecule has 0 radical (unpaired) electrons. The van der Waals surface area contributed by atoms with Crippen LogP contribution in [0, 0.1) is 6.92 Å². The van der Waals surface area contributed by atoms with Crippen molar-refractivity contribution < 1.29 is 18.8 Å². The van der Waals surface area contributed by atoms with Crippen molar-refractivity contribution in [2.45, 2.75) is 13.8 Å². The van der Waals surface area contributed by atoms with Crippen molar-refractivity contribution in [2.75, 3.05) is 25.5 Å². The number of amides is 2. The topological polar surface area (TPSA) is 84.7 Å². The molecule has 0 spiro atoms. The number of benzene rings is 1. The van der Waals surface area contributed by atoms with Crippen molar-refractivity contribution in [3.63, 3.8) is 0 Å². The van der Waals surface area contributed by atoms with Crippen LogP contribution in [0.4, 0.5) is 5.82 Å². The summed E-state index contributed by atoms with van der Waals surface area (Å²) in [5, 5.41) is 6.24. The van der Waals surface area contributed by atoms with Gasteiger partial charge in [-0.05, 0) is 26.0 Å². The van der Waals surface area contributed by atoms with Crippen LogP contribution in [0.15, 0.2) is 34.9 Å². The summed E-state index contributed by atoms with van der Waals surface area (Å²) in [5.41, 5.74) is 0.418. The first-order valence-electron chi connectivity index (χ1n) is 7.21. The Hall–Kier alpha value is -2.83. The Labute approximate surface area is 134 Å². The third-order valence-electron chi connectivity index (χ3n) is 3.04. The Morgan fingerprint density at radius 1 is 1.35 bits per heavy atom. The normalized spacial score (nSPS) is 10.2. The van der Waals surface area contributed by atoms with E-state index >= 15 is 0 Å². The number of aromatic nitrogens is 1. The van der Waals surface area contributed by atoms with Gasteiger partial charge in [-0.15, -0.1) is 0 Å². The van der Waals surface area contributed by atoms with Gasteiger partial charge in [-0.25, -0.2) is 0 Å². The van der Waals surface area contributed by atoms with E-state index in [1.807, 2.05) is 6.92 Å². The van der Waals surface area contributed by atoms with Gasteiger partial charge in [-0.2, -0.15) is 0 Å². The molecule has 1 N–H and O–H groups in total. The molecule has 0 bridgehead atoms. The molecule has 7 heteroatoms. The van der Waals surface area contributed by atoms with E-state index in [-0.39, 0.29) is 18.4 Å². The zero-order valence-corrected chi connectivity index (χ0v) is 13.3. The second-order valence-electron chi connectivity index (χ2n) is 4.96. The minimum Gasteiger partial charge on any atom is -0.493 e. The van der Waals surface area contributed by atoms with Crippen LogP contribution in [0.25, 0.3) is 0 Å². The van der Waals surface area contributed by atoms with Gasteiger partial charge in [0.25, 0.3) is 5.91 Å². The van der Waals surface area contributed by atoms with E-state index in [1.165, 1.54) is 4.90 Å². The maximum atomic E-state index is 12.5. The van der Waals surface area contributed by atoms with Gasteiger partial charge in [-0.3, -0.25) is 9.59 Å². The van der Waals surface area contributed by atoms with Crippen LogP contribution in [-0.4, -0.2) is 42.1 Å². The van der Waals surface area contributed by atoms with E-state index in [0.717, 1.165) is 0 Å². The first kappa shape index (κ1) is 16.5. The Balaban J connectivity index is 2.01. The van der Waals surface area contributed by atoms with E-state index in [0.29, 0.717) is 29.5 Å². The standard InChI is InChI=1S/C16H19N3O4/c1-4-22-13-8-6-5-7-12(13)16(21)19(3)10-15(20)17-14-9-11(2)23-18-14/h5-9H,4,10H2,1-3H3,(H,17,18,20). The van der Waals surface area contributed by atoms with Crippen LogP contribution < -0.4 is 10.1 Å². The number of aryl methyl sites for hydroxylation is 1. The minimum atomic E-state index is -0.358. The zero-order valence-electron chi connectivity index (χ0n) is 13.3. The van der Waals surface area contributed by atoms with Gasteiger partial charge < -0.3 is 19.5 Å². The second-order valence-corrected chi connectivity index (χ2v) is 4.96. The number of anilines is 1. The van der Waals surface area contributed by atoms with E-state index in [9.17, 15) is 9.59 Å². The average Bonchev–Trinajstić information content (AvgIpc) is 2.92. The summed E-state index contributed by atoms with van der Waals surface area (Å²) in [7, 11) is 1.55. The van der Waals surface area contributed by atoms with Crippen LogP contribution in [-0.2, 0) is 4.79 Å². The Kier molecular flexibility index (Phi) is 5.35. The molecule has 7 nitrogen and oxygen atoms in total. The van der Waals surface area contributed by atoms with Crippen LogP contribution >= 0.6 is 0 Å². The fourth-order valence-electron chi connectivity index (χ4n) is 2.03. The summed E-state index contributed by atoms with van der Waals surface area (Å²) >= 11 is 0. The molecule has 0 aliphatic heterocycles. The molecule has 23 heavy (non-hydrogen) atoms. The number of ether oxygens (including phenoxy) is 1. The smallest absolute Gasteiger partial charge is 0.257 e. The first-order chi connectivity index (χ1) is 11.0. The SMILES string of the molecule is CCOc1ccccc1C(=O)N(C)CC(=O)Nc1cc(C)on1. The monoisotopic (exact) mass is 317 g/mol. The summed E-state index contributed by atoms with van der Waals surface area (Å²) in [6.45, 7) is 3.92. The molecule has 0 atom stereocenters. The lowest BCUT2D eigenvalue weighted by Crippen LogP contribution is -2.35. The summed E-state index contributed by atoms with van der Waals surface area (Å²) in [4.78, 5) is 25.7. The number of hydrogen-bond donors (Lipinski definition) is 1. The van der Waals surface area contributed by atoms with Gasteiger partial charge in [-0.1, -0.05) is 17.3 Å². The third-order valence-corrected chi connectivity index (χ3v) is 3.04. The Bertz CT molecular complexity index is 696. The zero-order chi connectivity index (χ0) is 16.8. The lowest BCUT2D eigenvalue weighted by molar-refractivity contribution is -0.116. The molecule has 1 aromatic heterocycles. The summed E-state index contributed by atoms with van der Waals surface area (Å²) in [5.74, 6) is 0.765. The van der Waals surface area contributed by atoms with E-state index in [4.69, 9.17) is 9.26 Å². The maximum Gasteiger partial charge on any atom is 0.257 e. The van der Waals surface area contributed by atoms with Crippen LogP contribution in [0.2, 0.25) is 0 Å². The highest BCUT2D eigenvalue weighted by atomic mass is 16.5. The molecule has 0 aliphatic carbocycles. The van der Waals surface area contributed by atoms with Crippen LogP contribution in [0.1, 0.15) is 23.0 Å². The molecule has 0 aliphatic rings. The fourth-order valence-corrected chi connectivity index (χ4v) is 2.03. The van der Waals surface area contributed by atoms with E-state index < -0.39 is 0 Å². The summed E-state index contributed by atoms with van der Waals surface area (Å²) in [6, 6.07) is 8.54. The molecule has 0 saturated carbocycles. The molecule has 0 saturated heterocycles. The van der Waals surface area contributed by atoms with Gasteiger partial charge >= 0.3 is 0 Å². The number of carbonyl (C=O) groups excluding carboxylic acids is 2. The van der Waals surface area contributed by atoms with Crippen molar-refractivity contribution >= 4 is 17.6 Å². The number of rotatable bonds is 6. The maximum absolute atomic E-state index is 12.5. The predicted octanol–water partition coefficient (Wildman–Crippen LogP) is 2.09. The summed E-state index contributed by atoms with van der Waals surface area (Å²) in [6.07, 6.45) is 0. The predicted molar refractivity (Wildman–Crippen MR) is 84.4 cm³/mol. The molecule has 1 aromatic carbocycles. The number of nitrogens with one attached hydrogen (secondary N) is 1. The highest BCUT2D eigenvalue weighted by Gasteiger charge is 2.19. The van der Waals surface area contributed by atoms with E-state index in [2.05, 4.69) is 10.5 Å². The molecular formula is C16H19N3O4. The number of hydrogen-bond acceptors (Lipinski definition) is 5. The number of likely N-dealkylation sites (N-methyl/N-ethyl adjacent to an activating group) is 1. The molecular weight excluding hydrogens is 298 g/mol. The molecule has 0 fully saturated rings. The lowest BCUT2D eigenvalue weighted by atomic mass is 10.1. The highest BCUT2D eigenvalue weighted by Crippen LogP contribution is 2.19. The van der Waals surface area contributed by atoms with Gasteiger partial charge in [0.15, 0.2) is 5.82 Å². The van der Waals surface area contributed by atoms with Gasteiger partial charge in [0, 0.05) is 13.1 Å². The Morgan fingerprint density at radius 3 is 2.74 bits per heavy atom. The quantitative estimate of drug-likeness (QED) is 0.882. The molecule has 2 amide bonds. The molecule has 1 heterocycles. The molecule has 2 aromatic rings. The average molecular weight is 317 g/mol. The molecule has 122 valence electrons. The second kappa shape index (κ2) is 7.44. The number of carbonyl (C=O) groups is 2. The van der Waals surface area contributed by atoms with Crippen LogP contribution in [0.3, 0.4) is 0 Å². The summed E-state index contributed by atoms with van der Waals surface area (Å²) < 4.78 is 10.3. The van der Waals surface area contributed by atoms with Crippen molar-refractivity contribution in [2.24, 2.45) is 0 Å². The number of nitrogens with zero attached hydrogens (tertiary/aromatic N) is 2. The van der Waals surface area contributed by atoms with Crippen molar-refractivity contribution in [1.82, 2.24) is 10.1 Å². The first-order valence-corrected chi connectivity index (χ1v) is 7.21. The lowest BCUT2D eigenvalue weighted by Gasteiger charge is -2.18. The largest absolute Gasteiger partial charge is 0.493 e. The van der Waals surface area contributed by atoms with Crippen molar-refractivity contribution in [1.29, 1.82) is 0 Å². The van der Waals surface area contributed by atoms with Gasteiger partial charge in [0.1, 0.15) is 11.5 Å².